The molecule has 90 valence electrons. The van der Waals surface area contributed by atoms with Crippen LogP contribution in [-0.2, 0) is 4.79 Å². The molecule has 0 radical (unpaired) electrons. The van der Waals surface area contributed by atoms with Gasteiger partial charge in [-0.15, -0.1) is 11.6 Å². The van der Waals surface area contributed by atoms with Gasteiger partial charge in [-0.25, -0.2) is 0 Å². The number of nitrogens with zero attached hydrogens (tertiary/aromatic N) is 1. The molecule has 0 rings (SSSR count). The minimum absolute atomic E-state index is 0.101. The highest BCUT2D eigenvalue weighted by atomic mass is 35.5. The lowest BCUT2D eigenvalue weighted by Gasteiger charge is -1.99. The van der Waals surface area contributed by atoms with Crippen molar-refractivity contribution in [1.82, 2.24) is 10.2 Å². The molecule has 0 fully saturated rings. The summed E-state index contributed by atoms with van der Waals surface area (Å²) < 4.78 is 0. The topological polar surface area (TPSA) is 32.3 Å². The van der Waals surface area contributed by atoms with Crippen LogP contribution in [-0.4, -0.2) is 44.4 Å². The Morgan fingerprint density at radius 3 is 2.27 bits per heavy atom. The first-order valence-corrected chi connectivity index (χ1v) is 5.65. The van der Waals surface area contributed by atoms with Gasteiger partial charge in [0.2, 0.25) is 5.91 Å². The van der Waals surface area contributed by atoms with E-state index in [2.05, 4.69) is 11.9 Å². The van der Waals surface area contributed by atoms with Crippen LogP contribution in [0.15, 0.2) is 12.7 Å². The number of amides is 1. The fourth-order valence-corrected chi connectivity index (χ4v) is 0.869. The molecule has 0 aliphatic heterocycles. The van der Waals surface area contributed by atoms with Gasteiger partial charge in [0.1, 0.15) is 0 Å². The van der Waals surface area contributed by atoms with Crippen LogP contribution >= 0.6 is 11.6 Å². The summed E-state index contributed by atoms with van der Waals surface area (Å²) >= 11 is 5.47. The second-order valence-electron chi connectivity index (χ2n) is 3.59. The van der Waals surface area contributed by atoms with Crippen LogP contribution in [0.2, 0.25) is 0 Å². The second-order valence-corrected chi connectivity index (χ2v) is 3.96. The fraction of sp³-hybridized carbons (Fsp3) is 0.727. The first kappa shape index (κ1) is 16.9. The average Bonchev–Trinajstić information content (AvgIpc) is 2.16. The van der Waals surface area contributed by atoms with Crippen molar-refractivity contribution in [3.05, 3.63) is 12.7 Å². The highest BCUT2D eigenvalue weighted by molar-refractivity contribution is 6.17. The van der Waals surface area contributed by atoms with Gasteiger partial charge in [-0.05, 0) is 40.1 Å². The fourth-order valence-electron chi connectivity index (χ4n) is 0.680. The van der Waals surface area contributed by atoms with Gasteiger partial charge in [-0.2, -0.15) is 0 Å². The van der Waals surface area contributed by atoms with E-state index in [4.69, 9.17) is 11.6 Å². The smallest absolute Gasteiger partial charge is 0.243 e. The van der Waals surface area contributed by atoms with E-state index >= 15 is 0 Å². The Hall–Kier alpha value is -0.540. The summed E-state index contributed by atoms with van der Waals surface area (Å²) in [7, 11) is 6.00. The van der Waals surface area contributed by atoms with Crippen LogP contribution in [0, 0.1) is 0 Å². The molecule has 0 aromatic rings. The third kappa shape index (κ3) is 24.7. The predicted molar refractivity (Wildman–Crippen MR) is 67.4 cm³/mol. The Bertz CT molecular complexity index is 158. The van der Waals surface area contributed by atoms with E-state index in [0.717, 1.165) is 25.8 Å². The largest absolute Gasteiger partial charge is 0.353 e. The molecule has 0 spiro atoms. The molecule has 4 heteroatoms. The van der Waals surface area contributed by atoms with Gasteiger partial charge in [0.25, 0.3) is 0 Å². The van der Waals surface area contributed by atoms with Crippen molar-refractivity contribution in [2.24, 2.45) is 0 Å². The second kappa shape index (κ2) is 13.5. The molecule has 0 saturated carbocycles. The van der Waals surface area contributed by atoms with E-state index in [1.807, 2.05) is 26.0 Å². The van der Waals surface area contributed by atoms with E-state index < -0.39 is 0 Å². The van der Waals surface area contributed by atoms with Gasteiger partial charge < -0.3 is 10.2 Å². The van der Waals surface area contributed by atoms with Crippen molar-refractivity contribution in [3.63, 3.8) is 0 Å². The Kier molecular flexibility index (Phi) is 15.1. The van der Waals surface area contributed by atoms with Gasteiger partial charge >= 0.3 is 0 Å². The van der Waals surface area contributed by atoms with Crippen LogP contribution in [0.1, 0.15) is 19.3 Å². The molecule has 1 N–H and O–H groups in total. The number of halogens is 1. The molecule has 15 heavy (non-hydrogen) atoms. The lowest BCUT2D eigenvalue weighted by atomic mass is 10.2. The molecule has 0 bridgehead atoms. The van der Waals surface area contributed by atoms with Crippen LogP contribution in [0.3, 0.4) is 0 Å². The van der Waals surface area contributed by atoms with E-state index in [-0.39, 0.29) is 5.91 Å². The molecule has 3 nitrogen and oxygen atoms in total. The maximum absolute atomic E-state index is 10.6. The zero-order chi connectivity index (χ0) is 12.1. The lowest BCUT2D eigenvalue weighted by molar-refractivity contribution is -0.116. The van der Waals surface area contributed by atoms with Gasteiger partial charge in [-0.3, -0.25) is 4.79 Å². The Morgan fingerprint density at radius 2 is 1.87 bits per heavy atom. The third-order valence-corrected chi connectivity index (χ3v) is 1.56. The van der Waals surface area contributed by atoms with Crippen molar-refractivity contribution in [2.45, 2.75) is 19.3 Å². The molecule has 0 atom stereocenters. The monoisotopic (exact) mass is 234 g/mol. The van der Waals surface area contributed by atoms with Crippen molar-refractivity contribution in [2.75, 3.05) is 33.6 Å². The molecular formula is C11H23ClN2O. The van der Waals surface area contributed by atoms with E-state index in [1.165, 1.54) is 6.08 Å². The molecule has 1 amide bonds. The summed E-state index contributed by atoms with van der Waals surface area (Å²) in [5.74, 6) is 0.603. The number of carbonyl (C=O) groups excluding carboxylic acids is 1. The number of rotatable bonds is 6. The summed E-state index contributed by atoms with van der Waals surface area (Å²) in [6.07, 6.45) is 4.36. The third-order valence-electron chi connectivity index (χ3n) is 1.30. The minimum Gasteiger partial charge on any atom is -0.353 e. The standard InChI is InChI=1S/C8H14ClNO.C3H9N/c1-2-8(11)10-7-5-3-4-6-9;1-4(2)3/h2H,1,3-7H2,(H,10,11);1-3H3. The molecular weight excluding hydrogens is 212 g/mol. The summed E-state index contributed by atoms with van der Waals surface area (Å²) in [6.45, 7) is 4.07. The number of unbranched alkanes of at least 4 members (excludes halogenated alkanes) is 2. The summed E-state index contributed by atoms with van der Waals surface area (Å²) in [5.41, 5.74) is 0. The highest BCUT2D eigenvalue weighted by Crippen LogP contribution is 1.95. The zero-order valence-corrected chi connectivity index (χ0v) is 10.8. The molecule has 0 unspecified atom stereocenters. The first-order valence-electron chi connectivity index (χ1n) is 5.11. The lowest BCUT2D eigenvalue weighted by Crippen LogP contribution is -2.21. The molecule has 0 aromatic heterocycles. The van der Waals surface area contributed by atoms with Crippen LogP contribution in [0.4, 0.5) is 0 Å². The van der Waals surface area contributed by atoms with Gasteiger partial charge in [-0.1, -0.05) is 13.0 Å². The van der Waals surface area contributed by atoms with Crippen molar-refractivity contribution < 1.29 is 4.79 Å². The molecule has 0 aliphatic carbocycles. The maximum atomic E-state index is 10.6. The first-order chi connectivity index (χ1) is 7.04. The summed E-state index contributed by atoms with van der Waals surface area (Å²) in [4.78, 5) is 12.6. The van der Waals surface area contributed by atoms with Gasteiger partial charge in [0, 0.05) is 12.4 Å². The number of hydrogen-bond acceptors (Lipinski definition) is 2. The number of carbonyl (C=O) groups is 1. The summed E-state index contributed by atoms with van der Waals surface area (Å²) in [6, 6.07) is 0. The Balaban J connectivity index is 0. The number of alkyl halides is 1. The van der Waals surface area contributed by atoms with Crippen molar-refractivity contribution in [1.29, 1.82) is 0 Å². The molecule has 0 heterocycles. The van der Waals surface area contributed by atoms with E-state index in [1.54, 1.807) is 0 Å². The minimum atomic E-state index is -0.101. The molecule has 0 aliphatic rings. The van der Waals surface area contributed by atoms with Crippen LogP contribution < -0.4 is 5.32 Å². The highest BCUT2D eigenvalue weighted by Gasteiger charge is 1.91. The SMILES string of the molecule is C=CC(=O)NCCCCCCl.CN(C)C. The number of hydrogen-bond donors (Lipinski definition) is 1. The van der Waals surface area contributed by atoms with Crippen molar-refractivity contribution >= 4 is 17.5 Å². The molecule has 0 aromatic carbocycles. The normalized spacial score (nSPS) is 9.13. The Labute approximate surface area is 98.5 Å². The van der Waals surface area contributed by atoms with Gasteiger partial charge in [0.05, 0.1) is 0 Å². The quantitative estimate of drug-likeness (QED) is 0.432. The van der Waals surface area contributed by atoms with Gasteiger partial charge in [0.15, 0.2) is 0 Å². The number of nitrogens with one attached hydrogen (secondary N) is 1. The van der Waals surface area contributed by atoms with Crippen LogP contribution in [0.5, 0.6) is 0 Å². The van der Waals surface area contributed by atoms with E-state index in [0.29, 0.717) is 5.88 Å². The Morgan fingerprint density at radius 1 is 1.33 bits per heavy atom. The molecule has 0 saturated heterocycles. The van der Waals surface area contributed by atoms with Crippen LogP contribution in [0.25, 0.3) is 0 Å². The van der Waals surface area contributed by atoms with Crippen molar-refractivity contribution in [3.8, 4) is 0 Å². The summed E-state index contributed by atoms with van der Waals surface area (Å²) in [5, 5.41) is 2.69. The predicted octanol–water partition coefficient (Wildman–Crippen LogP) is 1.88. The zero-order valence-electron chi connectivity index (χ0n) is 10.1. The van der Waals surface area contributed by atoms with E-state index in [9.17, 15) is 4.79 Å². The maximum Gasteiger partial charge on any atom is 0.243 e. The average molecular weight is 235 g/mol.